The highest BCUT2D eigenvalue weighted by molar-refractivity contribution is 5.93. The lowest BCUT2D eigenvalue weighted by Crippen LogP contribution is -2.59. The highest BCUT2D eigenvalue weighted by atomic mass is 16.6. The predicted molar refractivity (Wildman–Crippen MR) is 209 cm³/mol. The average Bonchev–Trinajstić information content (AvgIpc) is 3.27. The van der Waals surface area contributed by atoms with Crippen molar-refractivity contribution in [2.24, 2.45) is 11.7 Å². The molecular weight excluding hydrogens is 864 g/mol. The first kappa shape index (κ1) is 54.8. The monoisotopic (exact) mass is 926 g/mol. The molecule has 3 rings (SSSR count). The van der Waals surface area contributed by atoms with Gasteiger partial charge in [0.25, 0.3) is 0 Å². The number of ether oxygens (including phenoxy) is 3. The lowest BCUT2D eigenvalue weighted by molar-refractivity contribution is -0.229. The minimum Gasteiger partial charge on any atom is -0.394 e. The number of aliphatic hydroxyl groups excluding tert-OH is 12. The Kier molecular flexibility index (Phi) is 22.2. The molecule has 3 fully saturated rings. The third kappa shape index (κ3) is 15.5. The zero-order valence-corrected chi connectivity index (χ0v) is 34.7. The van der Waals surface area contributed by atoms with Gasteiger partial charge in [-0.05, 0) is 12.8 Å². The van der Waals surface area contributed by atoms with E-state index in [4.69, 9.17) is 19.9 Å². The van der Waals surface area contributed by atoms with Crippen molar-refractivity contribution in [1.29, 1.82) is 0 Å². The number of rotatable bonds is 25. The van der Waals surface area contributed by atoms with E-state index in [0.717, 1.165) is 0 Å². The Balaban J connectivity index is 1.55. The molecule has 3 aliphatic rings. The largest absolute Gasteiger partial charge is 0.394 e. The second-order valence-electron chi connectivity index (χ2n) is 16.2. The standard InChI is InChI=1S/C38H62N4O22/c39-19(2-4-28(51)41-10-17(47)7-22-30(53)36(59)33(56)25(13-44)63-22)20(49)5-15(38(61)42-11-18(48)8-23-31(54)37(60)34(57)26(14-45)64-23)1-3-27(50)40-9-16(46)6-21-29(52)35(58)32(55)24(12-43)62-21/h15,19,21-26,29-37,43-45,52-60H,1-14,39H2,(H,40,50)(H,41,51)(H,42,61)/t15?,19?,21-,22-,23-,24?,25?,26?,29?,30?,31?,32-,33-,34-,35+,36+,37+/m0/s1. The summed E-state index contributed by atoms with van der Waals surface area (Å²) >= 11 is 0. The van der Waals surface area contributed by atoms with E-state index < -0.39 is 216 Å². The molecule has 0 spiro atoms. The number of hydrogen-bond donors (Lipinski definition) is 16. The molecule has 0 saturated carbocycles. The van der Waals surface area contributed by atoms with Crippen LogP contribution >= 0.6 is 0 Å². The van der Waals surface area contributed by atoms with Crippen LogP contribution in [0.5, 0.6) is 0 Å². The van der Waals surface area contributed by atoms with Gasteiger partial charge in [-0.15, -0.1) is 0 Å². The van der Waals surface area contributed by atoms with Gasteiger partial charge in [-0.1, -0.05) is 0 Å². The minimum atomic E-state index is -1.76. The summed E-state index contributed by atoms with van der Waals surface area (Å²) in [6, 6.07) is -1.35. The summed E-state index contributed by atoms with van der Waals surface area (Å²) in [5, 5.41) is 125. The lowest BCUT2D eigenvalue weighted by Gasteiger charge is -2.39. The summed E-state index contributed by atoms with van der Waals surface area (Å²) < 4.78 is 15.9. The van der Waals surface area contributed by atoms with Crippen molar-refractivity contribution in [3.8, 4) is 0 Å². The molecular formula is C38H62N4O22. The summed E-state index contributed by atoms with van der Waals surface area (Å²) in [5.74, 6) is -6.59. The van der Waals surface area contributed by atoms with Crippen LogP contribution < -0.4 is 21.7 Å². The van der Waals surface area contributed by atoms with Crippen LogP contribution in [-0.4, -0.2) is 239 Å². The van der Waals surface area contributed by atoms with E-state index in [1.165, 1.54) is 0 Å². The molecule has 366 valence electrons. The van der Waals surface area contributed by atoms with E-state index >= 15 is 0 Å². The van der Waals surface area contributed by atoms with E-state index in [-0.39, 0.29) is 19.3 Å². The number of carbonyl (C=O) groups is 7. The van der Waals surface area contributed by atoms with Crippen LogP contribution in [0.2, 0.25) is 0 Å². The molecule has 0 bridgehead atoms. The zero-order chi connectivity index (χ0) is 48.0. The molecule has 0 aromatic carbocycles. The normalized spacial score (nSPS) is 33.9. The SMILES string of the molecule is NC(CCC(=O)NCC(=O)C[C@@H]1OC(CO)[C@H](O)[C@H](O)C1O)C(=O)CC(CCC(=O)NCC(=O)C[C@@H]1OC(CO)[C@H](O)[C@H](O)C1O)C(=O)NCC(=O)C[C@@H]1OC(CO)[C@H](O)[C@H](O)C1O. The minimum absolute atomic E-state index is 0.283. The second kappa shape index (κ2) is 26.0. The fourth-order valence-corrected chi connectivity index (χ4v) is 7.31. The summed E-state index contributed by atoms with van der Waals surface area (Å²) in [6.45, 7) is -4.04. The second-order valence-corrected chi connectivity index (χ2v) is 16.2. The third-order valence-corrected chi connectivity index (χ3v) is 11.3. The Morgan fingerprint density at radius 2 is 0.766 bits per heavy atom. The Bertz CT molecular complexity index is 1590. The Morgan fingerprint density at radius 1 is 0.453 bits per heavy atom. The van der Waals surface area contributed by atoms with Gasteiger partial charge in [0.2, 0.25) is 17.7 Å². The molecule has 0 radical (unpaired) electrons. The van der Waals surface area contributed by atoms with E-state index in [1.54, 1.807) is 0 Å². The molecule has 0 aliphatic carbocycles. The topological polar surface area (TPSA) is 452 Å². The fraction of sp³-hybridized carbons (Fsp3) is 0.816. The molecule has 17 atom stereocenters. The number of aliphatic hydroxyl groups is 12. The van der Waals surface area contributed by atoms with Gasteiger partial charge in [0.05, 0.1) is 63.8 Å². The molecule has 0 aromatic rings. The van der Waals surface area contributed by atoms with Crippen LogP contribution in [0, 0.1) is 5.92 Å². The van der Waals surface area contributed by atoms with Crippen LogP contribution in [0.15, 0.2) is 0 Å². The third-order valence-electron chi connectivity index (χ3n) is 11.3. The van der Waals surface area contributed by atoms with E-state index in [0.29, 0.717) is 0 Å². The number of carbonyl (C=O) groups excluding carboxylic acids is 7. The first-order valence-corrected chi connectivity index (χ1v) is 20.7. The molecule has 3 heterocycles. The molecule has 3 amide bonds. The molecule has 26 heteroatoms. The van der Waals surface area contributed by atoms with Gasteiger partial charge in [0, 0.05) is 44.4 Å². The van der Waals surface area contributed by atoms with Crippen LogP contribution in [0.4, 0.5) is 0 Å². The first-order valence-electron chi connectivity index (χ1n) is 20.7. The van der Waals surface area contributed by atoms with Gasteiger partial charge in [0.1, 0.15) is 79.0 Å². The van der Waals surface area contributed by atoms with Crippen LogP contribution in [0.1, 0.15) is 51.4 Å². The molecule has 3 aliphatic heterocycles. The van der Waals surface area contributed by atoms with Crippen molar-refractivity contribution in [1.82, 2.24) is 16.0 Å². The van der Waals surface area contributed by atoms with Crippen LogP contribution in [0.3, 0.4) is 0 Å². The van der Waals surface area contributed by atoms with E-state index in [9.17, 15) is 94.8 Å². The highest BCUT2D eigenvalue weighted by Gasteiger charge is 2.46. The van der Waals surface area contributed by atoms with E-state index in [1.807, 2.05) is 0 Å². The fourth-order valence-electron chi connectivity index (χ4n) is 7.31. The van der Waals surface area contributed by atoms with E-state index in [2.05, 4.69) is 16.0 Å². The number of nitrogens with one attached hydrogen (secondary N) is 3. The first-order chi connectivity index (χ1) is 30.1. The molecule has 17 N–H and O–H groups in total. The summed E-state index contributed by atoms with van der Waals surface area (Å²) in [5.41, 5.74) is 6.03. The molecule has 3 saturated heterocycles. The van der Waals surface area contributed by atoms with Gasteiger partial charge in [-0.3, -0.25) is 33.6 Å². The number of Topliss-reactive ketones (excluding diaryl/α,β-unsaturated/α-hetero) is 4. The summed E-state index contributed by atoms with van der Waals surface area (Å²) in [6.07, 6.45) is -26.8. The maximum absolute atomic E-state index is 13.4. The predicted octanol–water partition coefficient (Wildman–Crippen LogP) is -9.80. The molecule has 64 heavy (non-hydrogen) atoms. The van der Waals surface area contributed by atoms with Gasteiger partial charge in [0.15, 0.2) is 17.3 Å². The molecule has 0 aromatic heterocycles. The summed E-state index contributed by atoms with van der Waals surface area (Å²) in [7, 11) is 0. The van der Waals surface area contributed by atoms with Gasteiger partial charge in [-0.25, -0.2) is 0 Å². The highest BCUT2D eigenvalue weighted by Crippen LogP contribution is 2.26. The Morgan fingerprint density at radius 3 is 1.11 bits per heavy atom. The maximum Gasteiger partial charge on any atom is 0.223 e. The van der Waals surface area contributed by atoms with Crippen LogP contribution in [-0.2, 0) is 47.8 Å². The van der Waals surface area contributed by atoms with Gasteiger partial charge < -0.3 is 97.2 Å². The molecule has 8 unspecified atom stereocenters. The number of hydrogen-bond acceptors (Lipinski definition) is 23. The molecule has 26 nitrogen and oxygen atoms in total. The summed E-state index contributed by atoms with van der Waals surface area (Å²) in [4.78, 5) is 89.7. The number of amides is 3. The quantitative estimate of drug-likeness (QED) is 0.0404. The lowest BCUT2D eigenvalue weighted by atomic mass is 9.91. The Labute approximate surface area is 365 Å². The maximum atomic E-state index is 13.4. The van der Waals surface area contributed by atoms with Crippen molar-refractivity contribution in [3.05, 3.63) is 0 Å². The number of ketones is 4. The van der Waals surface area contributed by atoms with Gasteiger partial charge >= 0.3 is 0 Å². The van der Waals surface area contributed by atoms with Crippen LogP contribution in [0.25, 0.3) is 0 Å². The van der Waals surface area contributed by atoms with Gasteiger partial charge in [-0.2, -0.15) is 0 Å². The van der Waals surface area contributed by atoms with Crippen molar-refractivity contribution in [2.45, 2.75) is 149 Å². The van der Waals surface area contributed by atoms with Crippen molar-refractivity contribution in [2.75, 3.05) is 39.5 Å². The van der Waals surface area contributed by atoms with Crippen molar-refractivity contribution < 1.29 is 109 Å². The van der Waals surface area contributed by atoms with Crippen molar-refractivity contribution in [3.63, 3.8) is 0 Å². The van der Waals surface area contributed by atoms with Crippen molar-refractivity contribution >= 4 is 40.9 Å². The average molecular weight is 927 g/mol. The Hall–Kier alpha value is -3.55. The number of nitrogens with two attached hydrogens (primary N) is 1. The zero-order valence-electron chi connectivity index (χ0n) is 34.7. The smallest absolute Gasteiger partial charge is 0.223 e.